The molecule has 2 rings (SSSR count). The van der Waals surface area contributed by atoms with E-state index in [4.69, 9.17) is 0 Å². The van der Waals surface area contributed by atoms with E-state index in [1.165, 1.54) is 10.5 Å². The highest BCUT2D eigenvalue weighted by Gasteiger charge is 2.13. The minimum Gasteiger partial charge on any atom is -0.336 e. The van der Waals surface area contributed by atoms with Gasteiger partial charge in [0.15, 0.2) is 0 Å². The Morgan fingerprint density at radius 2 is 1.56 bits per heavy atom. The average Bonchev–Trinajstić information content (AvgIpc) is 2.62. The molecule has 2 aromatic rings. The summed E-state index contributed by atoms with van der Waals surface area (Å²) in [6.45, 7) is 4.17. The Morgan fingerprint density at radius 1 is 0.960 bits per heavy atom. The molecule has 4 heteroatoms. The number of amides is 2. The molecule has 132 valence electrons. The first-order chi connectivity index (χ1) is 12.0. The number of rotatable bonds is 7. The van der Waals surface area contributed by atoms with Gasteiger partial charge in [0.1, 0.15) is 0 Å². The fourth-order valence-electron chi connectivity index (χ4n) is 2.52. The predicted octanol–water partition coefficient (Wildman–Crippen LogP) is 3.59. The van der Waals surface area contributed by atoms with Gasteiger partial charge >= 0.3 is 0 Å². The minimum absolute atomic E-state index is 0.0291. The standard InChI is InChI=1S/C21H26N2O2/c1-4-17-7-9-18(10-8-17)11-14-21(25)23(3)15-20(24)22-19-12-5-16(2)6-13-19/h5-10,12-13H,4,11,14-15H2,1-3H3,(H,22,24). The summed E-state index contributed by atoms with van der Waals surface area (Å²) in [5.74, 6) is -0.217. The molecule has 0 spiro atoms. The number of nitrogens with zero attached hydrogens (tertiary/aromatic N) is 1. The van der Waals surface area contributed by atoms with E-state index < -0.39 is 0 Å². The maximum absolute atomic E-state index is 12.2. The van der Waals surface area contributed by atoms with Crippen molar-refractivity contribution in [2.45, 2.75) is 33.1 Å². The molecule has 0 aliphatic heterocycles. The van der Waals surface area contributed by atoms with E-state index >= 15 is 0 Å². The lowest BCUT2D eigenvalue weighted by atomic mass is 10.1. The second-order valence-corrected chi connectivity index (χ2v) is 6.33. The Balaban J connectivity index is 1.78. The van der Waals surface area contributed by atoms with Crippen LogP contribution >= 0.6 is 0 Å². The molecule has 0 aliphatic carbocycles. The van der Waals surface area contributed by atoms with Gasteiger partial charge in [0, 0.05) is 19.2 Å². The molecule has 0 saturated heterocycles. The molecule has 0 fully saturated rings. The number of hydrogen-bond donors (Lipinski definition) is 1. The molecule has 0 aromatic heterocycles. The van der Waals surface area contributed by atoms with Gasteiger partial charge in [-0.1, -0.05) is 48.9 Å². The van der Waals surface area contributed by atoms with Crippen molar-refractivity contribution in [1.82, 2.24) is 4.90 Å². The van der Waals surface area contributed by atoms with Gasteiger partial charge in [0.05, 0.1) is 6.54 Å². The fourth-order valence-corrected chi connectivity index (χ4v) is 2.52. The van der Waals surface area contributed by atoms with Gasteiger partial charge in [0.25, 0.3) is 0 Å². The zero-order valence-electron chi connectivity index (χ0n) is 15.2. The molecule has 2 amide bonds. The Hall–Kier alpha value is -2.62. The van der Waals surface area contributed by atoms with Crippen molar-refractivity contribution in [2.24, 2.45) is 0 Å². The molecule has 0 atom stereocenters. The normalized spacial score (nSPS) is 10.4. The Morgan fingerprint density at radius 3 is 2.16 bits per heavy atom. The van der Waals surface area contributed by atoms with Gasteiger partial charge in [-0.2, -0.15) is 0 Å². The Kier molecular flexibility index (Phi) is 6.75. The van der Waals surface area contributed by atoms with E-state index in [9.17, 15) is 9.59 Å². The Labute approximate surface area is 149 Å². The lowest BCUT2D eigenvalue weighted by Crippen LogP contribution is -2.35. The van der Waals surface area contributed by atoms with Crippen molar-refractivity contribution in [1.29, 1.82) is 0 Å². The van der Waals surface area contributed by atoms with Gasteiger partial charge in [-0.25, -0.2) is 0 Å². The van der Waals surface area contributed by atoms with Crippen LogP contribution in [-0.4, -0.2) is 30.3 Å². The highest BCUT2D eigenvalue weighted by molar-refractivity contribution is 5.94. The molecule has 0 bridgehead atoms. The molecule has 25 heavy (non-hydrogen) atoms. The van der Waals surface area contributed by atoms with E-state index in [-0.39, 0.29) is 18.4 Å². The summed E-state index contributed by atoms with van der Waals surface area (Å²) in [6, 6.07) is 15.9. The average molecular weight is 338 g/mol. The first-order valence-corrected chi connectivity index (χ1v) is 8.66. The molecule has 0 radical (unpaired) electrons. The number of nitrogens with one attached hydrogen (secondary N) is 1. The summed E-state index contributed by atoms with van der Waals surface area (Å²) < 4.78 is 0. The lowest BCUT2D eigenvalue weighted by molar-refractivity contribution is -0.133. The van der Waals surface area contributed by atoms with Crippen LogP contribution < -0.4 is 5.32 Å². The Bertz CT molecular complexity index is 706. The molecule has 0 heterocycles. The van der Waals surface area contributed by atoms with Gasteiger partial charge in [-0.3, -0.25) is 9.59 Å². The van der Waals surface area contributed by atoms with Crippen LogP contribution in [-0.2, 0) is 22.4 Å². The minimum atomic E-state index is -0.188. The van der Waals surface area contributed by atoms with Crippen LogP contribution in [0, 0.1) is 6.92 Å². The van der Waals surface area contributed by atoms with Crippen molar-refractivity contribution in [3.05, 3.63) is 65.2 Å². The number of likely N-dealkylation sites (N-methyl/N-ethyl adjacent to an activating group) is 1. The monoisotopic (exact) mass is 338 g/mol. The summed E-state index contributed by atoms with van der Waals surface area (Å²) in [4.78, 5) is 25.7. The number of benzene rings is 2. The second-order valence-electron chi connectivity index (χ2n) is 6.33. The predicted molar refractivity (Wildman–Crippen MR) is 102 cm³/mol. The van der Waals surface area contributed by atoms with E-state index in [2.05, 4.69) is 36.5 Å². The van der Waals surface area contributed by atoms with E-state index in [1.54, 1.807) is 7.05 Å². The van der Waals surface area contributed by atoms with Crippen molar-refractivity contribution < 1.29 is 9.59 Å². The van der Waals surface area contributed by atoms with Crippen molar-refractivity contribution in [3.8, 4) is 0 Å². The van der Waals surface area contributed by atoms with E-state index in [1.807, 2.05) is 31.2 Å². The summed E-state index contributed by atoms with van der Waals surface area (Å²) >= 11 is 0. The molecule has 0 aliphatic rings. The lowest BCUT2D eigenvalue weighted by Gasteiger charge is -2.17. The molecule has 0 saturated carbocycles. The maximum Gasteiger partial charge on any atom is 0.243 e. The SMILES string of the molecule is CCc1ccc(CCC(=O)N(C)CC(=O)Nc2ccc(C)cc2)cc1. The number of carbonyl (C=O) groups excluding carboxylic acids is 2. The second kappa shape index (κ2) is 9.02. The van der Waals surface area contributed by atoms with Gasteiger partial charge in [-0.05, 0) is 43.0 Å². The molecular weight excluding hydrogens is 312 g/mol. The first kappa shape index (κ1) is 18.7. The van der Waals surface area contributed by atoms with Crippen LogP contribution in [0.3, 0.4) is 0 Å². The smallest absolute Gasteiger partial charge is 0.243 e. The molecule has 2 aromatic carbocycles. The van der Waals surface area contributed by atoms with Crippen LogP contribution in [0.5, 0.6) is 0 Å². The number of carbonyl (C=O) groups is 2. The third kappa shape index (κ3) is 6.07. The quantitative estimate of drug-likeness (QED) is 0.839. The van der Waals surface area contributed by atoms with Crippen molar-refractivity contribution in [3.63, 3.8) is 0 Å². The third-order valence-corrected chi connectivity index (χ3v) is 4.20. The summed E-state index contributed by atoms with van der Waals surface area (Å²) in [5.41, 5.74) is 4.31. The van der Waals surface area contributed by atoms with Gasteiger partial charge < -0.3 is 10.2 Å². The van der Waals surface area contributed by atoms with Crippen molar-refractivity contribution in [2.75, 3.05) is 18.9 Å². The van der Waals surface area contributed by atoms with E-state index in [0.29, 0.717) is 12.8 Å². The molecule has 1 N–H and O–H groups in total. The molecular formula is C21H26N2O2. The van der Waals surface area contributed by atoms with Crippen LogP contribution in [0.25, 0.3) is 0 Å². The summed E-state index contributed by atoms with van der Waals surface area (Å²) in [6.07, 6.45) is 2.10. The highest BCUT2D eigenvalue weighted by atomic mass is 16.2. The number of aryl methyl sites for hydroxylation is 3. The number of anilines is 1. The van der Waals surface area contributed by atoms with E-state index in [0.717, 1.165) is 23.2 Å². The maximum atomic E-state index is 12.2. The zero-order valence-corrected chi connectivity index (χ0v) is 15.2. The van der Waals surface area contributed by atoms with Crippen LogP contribution in [0.1, 0.15) is 30.0 Å². The molecule has 4 nitrogen and oxygen atoms in total. The van der Waals surface area contributed by atoms with Crippen LogP contribution in [0.15, 0.2) is 48.5 Å². The zero-order chi connectivity index (χ0) is 18.2. The van der Waals surface area contributed by atoms with Gasteiger partial charge in [0.2, 0.25) is 11.8 Å². The fraction of sp³-hybridized carbons (Fsp3) is 0.333. The summed E-state index contributed by atoms with van der Waals surface area (Å²) in [7, 11) is 1.66. The van der Waals surface area contributed by atoms with Crippen LogP contribution in [0.2, 0.25) is 0 Å². The number of hydrogen-bond acceptors (Lipinski definition) is 2. The van der Waals surface area contributed by atoms with Gasteiger partial charge in [-0.15, -0.1) is 0 Å². The van der Waals surface area contributed by atoms with Crippen LogP contribution in [0.4, 0.5) is 5.69 Å². The first-order valence-electron chi connectivity index (χ1n) is 8.66. The van der Waals surface area contributed by atoms with Crippen molar-refractivity contribution >= 4 is 17.5 Å². The molecule has 0 unspecified atom stereocenters. The topological polar surface area (TPSA) is 49.4 Å². The third-order valence-electron chi connectivity index (χ3n) is 4.20. The highest BCUT2D eigenvalue weighted by Crippen LogP contribution is 2.10. The largest absolute Gasteiger partial charge is 0.336 e. The summed E-state index contributed by atoms with van der Waals surface area (Å²) in [5, 5.41) is 2.81.